The number of nitrogens with two attached hydrogens (primary N) is 1. The van der Waals surface area contributed by atoms with Crippen LogP contribution in [0.1, 0.15) is 24.4 Å². The molecule has 2 aromatic heterocycles. The predicted molar refractivity (Wildman–Crippen MR) is 86.9 cm³/mol. The maximum Gasteiger partial charge on any atom is 0.291 e. The van der Waals surface area contributed by atoms with Gasteiger partial charge in [0.05, 0.1) is 6.26 Å². The number of thioether (sulfide) groups is 1. The number of hydrogen-bond donors (Lipinski definition) is 3. The number of rotatable bonds is 6. The van der Waals surface area contributed by atoms with E-state index in [1.165, 1.54) is 32.2 Å². The molecule has 0 atom stereocenters. The first kappa shape index (κ1) is 17.5. The lowest BCUT2D eigenvalue weighted by atomic mass is 10.2. The molecule has 0 aliphatic carbocycles. The number of carbonyl (C=O) groups is 3. The third kappa shape index (κ3) is 3.90. The minimum Gasteiger partial charge on any atom is -0.459 e. The summed E-state index contributed by atoms with van der Waals surface area (Å²) >= 11 is 0.782. The van der Waals surface area contributed by atoms with Gasteiger partial charge >= 0.3 is 0 Å². The van der Waals surface area contributed by atoms with Crippen molar-refractivity contribution >= 4 is 40.7 Å². The number of aromatic amines is 1. The van der Waals surface area contributed by atoms with Gasteiger partial charge in [-0.05, 0) is 26.0 Å². The third-order valence-electron chi connectivity index (χ3n) is 2.88. The van der Waals surface area contributed by atoms with E-state index in [4.69, 9.17) is 10.2 Å². The molecule has 0 fully saturated rings. The summed E-state index contributed by atoms with van der Waals surface area (Å²) in [4.78, 5) is 53.1. The van der Waals surface area contributed by atoms with Gasteiger partial charge in [0.2, 0.25) is 0 Å². The van der Waals surface area contributed by atoms with E-state index in [1.54, 1.807) is 0 Å². The van der Waals surface area contributed by atoms with Gasteiger partial charge in [-0.1, -0.05) is 11.8 Å². The van der Waals surface area contributed by atoms with Crippen molar-refractivity contribution in [1.29, 1.82) is 0 Å². The Bertz CT molecular complexity index is 829. The van der Waals surface area contributed by atoms with E-state index < -0.39 is 16.7 Å². The zero-order chi connectivity index (χ0) is 17.9. The van der Waals surface area contributed by atoms with Crippen LogP contribution in [0.25, 0.3) is 0 Å². The molecule has 0 unspecified atom stereocenters. The van der Waals surface area contributed by atoms with Crippen LogP contribution >= 0.6 is 11.8 Å². The Morgan fingerprint density at radius 2 is 2.00 bits per heavy atom. The number of nitrogen functional groups attached to an aromatic ring is 1. The van der Waals surface area contributed by atoms with Crippen LogP contribution in [0.3, 0.4) is 0 Å². The number of H-pyrrole nitrogens is 1. The van der Waals surface area contributed by atoms with E-state index in [9.17, 15) is 19.2 Å². The average Bonchev–Trinajstić information content (AvgIpc) is 3.02. The van der Waals surface area contributed by atoms with Gasteiger partial charge in [0.1, 0.15) is 5.25 Å². The van der Waals surface area contributed by atoms with Gasteiger partial charge in [0.25, 0.3) is 11.5 Å². The lowest BCUT2D eigenvalue weighted by Gasteiger charge is -2.11. The van der Waals surface area contributed by atoms with E-state index in [0.29, 0.717) is 0 Å². The highest BCUT2D eigenvalue weighted by molar-refractivity contribution is 8.01. The molecular formula is C14H14N4O5S. The second-order valence-corrected chi connectivity index (χ2v) is 5.88. The lowest BCUT2D eigenvalue weighted by Crippen LogP contribution is -2.25. The predicted octanol–water partition coefficient (Wildman–Crippen LogP) is 0.836. The number of anilines is 2. The zero-order valence-corrected chi connectivity index (χ0v) is 13.6. The average molecular weight is 350 g/mol. The highest BCUT2D eigenvalue weighted by atomic mass is 32.2. The molecule has 0 aliphatic heterocycles. The smallest absolute Gasteiger partial charge is 0.291 e. The standard InChI is InChI=1S/C14H14N4O5S/c1-6(19)10(7(2)20)24-14-17-11(15)9(13(22)18-14)16-12(21)8-4-3-5-23-8/h3-5,10H,1-2H3,(H,16,21)(H3,15,17,18,22). The monoisotopic (exact) mass is 350 g/mol. The molecule has 2 heterocycles. The minimum absolute atomic E-state index is 0.000440. The highest BCUT2D eigenvalue weighted by Crippen LogP contribution is 2.23. The Morgan fingerprint density at radius 1 is 1.33 bits per heavy atom. The molecule has 2 rings (SSSR count). The number of aromatic nitrogens is 2. The van der Waals surface area contributed by atoms with Gasteiger partial charge in [-0.2, -0.15) is 0 Å². The molecule has 126 valence electrons. The molecule has 0 aromatic carbocycles. The van der Waals surface area contributed by atoms with Gasteiger partial charge in [-0.15, -0.1) is 0 Å². The van der Waals surface area contributed by atoms with E-state index in [0.717, 1.165) is 11.8 Å². The van der Waals surface area contributed by atoms with Gasteiger partial charge < -0.3 is 15.5 Å². The normalized spacial score (nSPS) is 10.6. The molecule has 0 bridgehead atoms. The van der Waals surface area contributed by atoms with Gasteiger partial charge in [-0.3, -0.25) is 24.2 Å². The minimum atomic E-state index is -0.990. The van der Waals surface area contributed by atoms with Crippen molar-refractivity contribution in [3.8, 4) is 0 Å². The van der Waals surface area contributed by atoms with Crippen LogP contribution in [-0.2, 0) is 9.59 Å². The number of nitrogens with one attached hydrogen (secondary N) is 2. The molecule has 9 nitrogen and oxygen atoms in total. The van der Waals surface area contributed by atoms with Crippen molar-refractivity contribution in [1.82, 2.24) is 9.97 Å². The number of ketones is 2. The molecule has 1 amide bonds. The van der Waals surface area contributed by atoms with Crippen molar-refractivity contribution in [3.05, 3.63) is 34.5 Å². The summed E-state index contributed by atoms with van der Waals surface area (Å²) < 4.78 is 4.91. The van der Waals surface area contributed by atoms with E-state index >= 15 is 0 Å². The number of nitrogens with zero attached hydrogens (tertiary/aromatic N) is 1. The molecule has 24 heavy (non-hydrogen) atoms. The number of amides is 1. The van der Waals surface area contributed by atoms with E-state index in [2.05, 4.69) is 15.3 Å². The molecule has 0 aliphatic rings. The van der Waals surface area contributed by atoms with Crippen LogP contribution < -0.4 is 16.6 Å². The van der Waals surface area contributed by atoms with E-state index in [-0.39, 0.29) is 34.0 Å². The van der Waals surface area contributed by atoms with Gasteiger partial charge in [0, 0.05) is 0 Å². The summed E-state index contributed by atoms with van der Waals surface area (Å²) in [6.07, 6.45) is 1.31. The second-order valence-electron chi connectivity index (χ2n) is 4.78. The molecule has 0 saturated heterocycles. The Labute approximate surface area is 140 Å². The highest BCUT2D eigenvalue weighted by Gasteiger charge is 2.23. The topological polar surface area (TPSA) is 148 Å². The summed E-state index contributed by atoms with van der Waals surface area (Å²) in [6, 6.07) is 2.94. The molecule has 0 saturated carbocycles. The molecule has 2 aromatic rings. The molecular weight excluding hydrogens is 336 g/mol. The van der Waals surface area contributed by atoms with Crippen LogP contribution in [0.2, 0.25) is 0 Å². The quantitative estimate of drug-likeness (QED) is 0.394. The Hall–Kier alpha value is -2.88. The Balaban J connectivity index is 2.25. The van der Waals surface area contributed by atoms with Gasteiger partial charge in [-0.25, -0.2) is 4.98 Å². The molecule has 0 spiro atoms. The SMILES string of the molecule is CC(=O)C(Sc1nc(N)c(NC(=O)c2ccco2)c(=O)[nH]1)C(C)=O. The Kier molecular flexibility index (Phi) is 5.19. The number of furan rings is 1. The van der Waals surface area contributed by atoms with Gasteiger partial charge in [0.15, 0.2) is 34.0 Å². The first-order valence-electron chi connectivity index (χ1n) is 6.71. The van der Waals surface area contributed by atoms with Crippen LogP contribution in [0, 0.1) is 0 Å². The van der Waals surface area contributed by atoms with Crippen LogP contribution in [0.4, 0.5) is 11.5 Å². The first-order chi connectivity index (χ1) is 11.3. The first-order valence-corrected chi connectivity index (χ1v) is 7.59. The summed E-state index contributed by atoms with van der Waals surface area (Å²) in [6.45, 7) is 2.52. The van der Waals surface area contributed by atoms with Crippen molar-refractivity contribution < 1.29 is 18.8 Å². The summed E-state index contributed by atoms with van der Waals surface area (Å²) in [7, 11) is 0. The second kappa shape index (κ2) is 7.13. The zero-order valence-electron chi connectivity index (χ0n) is 12.8. The Morgan fingerprint density at radius 3 is 2.50 bits per heavy atom. The fourth-order valence-electron chi connectivity index (χ4n) is 1.79. The fourth-order valence-corrected chi connectivity index (χ4v) is 2.65. The van der Waals surface area contributed by atoms with Crippen molar-refractivity contribution in [2.24, 2.45) is 0 Å². The largest absolute Gasteiger partial charge is 0.459 e. The lowest BCUT2D eigenvalue weighted by molar-refractivity contribution is -0.123. The molecule has 0 radical (unpaired) electrons. The fraction of sp³-hybridized carbons (Fsp3) is 0.214. The van der Waals surface area contributed by atoms with Crippen LogP contribution in [0.15, 0.2) is 32.8 Å². The maximum absolute atomic E-state index is 12.1. The molecule has 10 heteroatoms. The third-order valence-corrected chi connectivity index (χ3v) is 4.19. The van der Waals surface area contributed by atoms with Crippen molar-refractivity contribution in [2.75, 3.05) is 11.1 Å². The maximum atomic E-state index is 12.1. The summed E-state index contributed by atoms with van der Waals surface area (Å²) in [5.74, 6) is -1.65. The summed E-state index contributed by atoms with van der Waals surface area (Å²) in [5, 5.41) is 1.31. The van der Waals surface area contributed by atoms with Crippen LogP contribution in [-0.4, -0.2) is 32.7 Å². The summed E-state index contributed by atoms with van der Waals surface area (Å²) in [5.41, 5.74) is 4.73. The van der Waals surface area contributed by atoms with Crippen LogP contribution in [0.5, 0.6) is 0 Å². The number of hydrogen-bond acceptors (Lipinski definition) is 8. The van der Waals surface area contributed by atoms with Crippen molar-refractivity contribution in [3.63, 3.8) is 0 Å². The number of carbonyl (C=O) groups excluding carboxylic acids is 3. The van der Waals surface area contributed by atoms with Crippen molar-refractivity contribution in [2.45, 2.75) is 24.3 Å². The number of Topliss-reactive ketones (excluding diaryl/α,β-unsaturated/α-hetero) is 2. The van der Waals surface area contributed by atoms with E-state index in [1.807, 2.05) is 0 Å². The molecule has 4 N–H and O–H groups in total.